The number of alkyl halides is 1. The zero-order valence-electron chi connectivity index (χ0n) is 12.8. The van der Waals surface area contributed by atoms with Gasteiger partial charge in [-0.15, -0.1) is 11.6 Å². The lowest BCUT2D eigenvalue weighted by atomic mass is 10.2. The van der Waals surface area contributed by atoms with Crippen LogP contribution in [0.25, 0.3) is 0 Å². The summed E-state index contributed by atoms with van der Waals surface area (Å²) in [6, 6.07) is 4.72. The smallest absolute Gasteiger partial charge is 0.207 e. The highest BCUT2D eigenvalue weighted by molar-refractivity contribution is 7.89. The first-order valence-electron chi connectivity index (χ1n) is 7.24. The van der Waals surface area contributed by atoms with Crippen molar-refractivity contribution in [3.05, 3.63) is 28.8 Å². The van der Waals surface area contributed by atoms with E-state index in [4.69, 9.17) is 23.2 Å². The number of benzene rings is 1. The van der Waals surface area contributed by atoms with E-state index in [-0.39, 0.29) is 16.8 Å². The summed E-state index contributed by atoms with van der Waals surface area (Å²) in [5, 5.41) is 0.394. The molecule has 0 amide bonds. The maximum atomic E-state index is 12.8. The van der Waals surface area contributed by atoms with Crippen molar-refractivity contribution in [2.45, 2.75) is 56.9 Å². The summed E-state index contributed by atoms with van der Waals surface area (Å²) in [5.41, 5.74) is 0.737. The van der Waals surface area contributed by atoms with Gasteiger partial charge in [-0.25, -0.2) is 8.42 Å². The molecule has 1 aromatic rings. The number of nitrogens with zero attached hydrogens (tertiary/aromatic N) is 1. The molecular weight excluding hydrogens is 329 g/mol. The number of sulfonamides is 1. The van der Waals surface area contributed by atoms with E-state index in [1.165, 1.54) is 6.07 Å². The molecule has 0 saturated carbocycles. The van der Waals surface area contributed by atoms with Gasteiger partial charge in [0.05, 0.1) is 4.90 Å². The molecule has 0 saturated heterocycles. The van der Waals surface area contributed by atoms with Gasteiger partial charge in [0, 0.05) is 23.5 Å². The lowest BCUT2D eigenvalue weighted by Crippen LogP contribution is -2.39. The number of hydrogen-bond donors (Lipinski definition) is 0. The predicted molar refractivity (Wildman–Crippen MR) is 89.6 cm³/mol. The quantitative estimate of drug-likeness (QED) is 0.638. The summed E-state index contributed by atoms with van der Waals surface area (Å²) in [7, 11) is -3.53. The Bertz CT molecular complexity index is 561. The Morgan fingerprint density at radius 1 is 1.29 bits per heavy atom. The molecule has 6 heteroatoms. The van der Waals surface area contributed by atoms with Gasteiger partial charge in [-0.05, 0) is 37.5 Å². The van der Waals surface area contributed by atoms with Crippen molar-refractivity contribution in [3.63, 3.8) is 0 Å². The molecule has 0 heterocycles. The Morgan fingerprint density at radius 3 is 2.43 bits per heavy atom. The second-order valence-corrected chi connectivity index (χ2v) is 7.68. The maximum absolute atomic E-state index is 12.8. The molecule has 120 valence electrons. The fourth-order valence-electron chi connectivity index (χ4n) is 2.03. The van der Waals surface area contributed by atoms with Gasteiger partial charge in [0.1, 0.15) is 0 Å². The molecule has 0 bridgehead atoms. The van der Waals surface area contributed by atoms with Crippen molar-refractivity contribution in [2.24, 2.45) is 0 Å². The normalized spacial score (nSPS) is 13.6. The van der Waals surface area contributed by atoms with Crippen molar-refractivity contribution in [3.8, 4) is 0 Å². The number of hydrogen-bond acceptors (Lipinski definition) is 2. The van der Waals surface area contributed by atoms with Crippen molar-refractivity contribution in [2.75, 3.05) is 6.54 Å². The first-order chi connectivity index (χ1) is 9.88. The molecule has 0 aromatic heterocycles. The highest BCUT2D eigenvalue weighted by atomic mass is 35.5. The minimum Gasteiger partial charge on any atom is -0.207 e. The summed E-state index contributed by atoms with van der Waals surface area (Å²) in [6.07, 6.45) is 2.57. The van der Waals surface area contributed by atoms with Crippen molar-refractivity contribution in [1.82, 2.24) is 4.31 Å². The minimum absolute atomic E-state index is 0.0342. The van der Waals surface area contributed by atoms with Crippen LogP contribution >= 0.6 is 23.2 Å². The van der Waals surface area contributed by atoms with Crippen LogP contribution in [0.15, 0.2) is 23.1 Å². The van der Waals surface area contributed by atoms with E-state index in [0.29, 0.717) is 11.6 Å². The highest BCUT2D eigenvalue weighted by Gasteiger charge is 2.28. The standard InChI is InChI=1S/C15H23Cl2NO2S/c1-4-6-9-18(12(3)5-2)21(19,20)14-8-7-13(11-16)15(17)10-14/h7-8,10,12H,4-6,9,11H2,1-3H3. The second-order valence-electron chi connectivity index (χ2n) is 5.11. The summed E-state index contributed by atoms with van der Waals surface area (Å²) in [5.74, 6) is 0.268. The van der Waals surface area contributed by atoms with Gasteiger partial charge in [-0.3, -0.25) is 0 Å². The van der Waals surface area contributed by atoms with Gasteiger partial charge in [0.25, 0.3) is 0 Å². The highest BCUT2D eigenvalue weighted by Crippen LogP contribution is 2.26. The first kappa shape index (κ1) is 18.8. The van der Waals surface area contributed by atoms with Crippen molar-refractivity contribution < 1.29 is 8.42 Å². The van der Waals surface area contributed by atoms with Gasteiger partial charge in [-0.2, -0.15) is 4.31 Å². The Morgan fingerprint density at radius 2 is 1.95 bits per heavy atom. The van der Waals surface area contributed by atoms with Gasteiger partial charge in [0.15, 0.2) is 0 Å². The van der Waals surface area contributed by atoms with Crippen LogP contribution in [-0.2, 0) is 15.9 Å². The lowest BCUT2D eigenvalue weighted by molar-refractivity contribution is 0.324. The first-order valence-corrected chi connectivity index (χ1v) is 9.59. The van der Waals surface area contributed by atoms with E-state index in [1.54, 1.807) is 16.4 Å². The molecule has 0 aliphatic carbocycles. The number of rotatable bonds is 8. The summed E-state index contributed by atoms with van der Waals surface area (Å²) in [4.78, 5) is 0.234. The molecule has 21 heavy (non-hydrogen) atoms. The Hall–Kier alpha value is -0.290. The third-order valence-corrected chi connectivity index (χ3v) is 6.24. The fourth-order valence-corrected chi connectivity index (χ4v) is 4.41. The van der Waals surface area contributed by atoms with E-state index in [9.17, 15) is 8.42 Å². The molecule has 1 rings (SSSR count). The zero-order chi connectivity index (χ0) is 16.0. The largest absolute Gasteiger partial charge is 0.243 e. The summed E-state index contributed by atoms with van der Waals surface area (Å²) >= 11 is 11.8. The van der Waals surface area contributed by atoms with Crippen LogP contribution in [0.1, 0.15) is 45.6 Å². The van der Waals surface area contributed by atoms with Crippen LogP contribution in [0, 0.1) is 0 Å². The third-order valence-electron chi connectivity index (χ3n) is 3.59. The molecule has 0 fully saturated rings. The van der Waals surface area contributed by atoms with E-state index in [0.717, 1.165) is 24.8 Å². The molecule has 1 unspecified atom stereocenters. The number of halogens is 2. The molecule has 0 aliphatic rings. The molecule has 0 radical (unpaired) electrons. The van der Waals surface area contributed by atoms with E-state index >= 15 is 0 Å². The van der Waals surface area contributed by atoms with Crippen LogP contribution in [0.2, 0.25) is 5.02 Å². The van der Waals surface area contributed by atoms with Crippen molar-refractivity contribution >= 4 is 33.2 Å². The predicted octanol–water partition coefficient (Wildman–Crippen LogP) is 4.67. The SMILES string of the molecule is CCCCN(C(C)CC)S(=O)(=O)c1ccc(CCl)c(Cl)c1. The van der Waals surface area contributed by atoms with E-state index in [2.05, 4.69) is 0 Å². The van der Waals surface area contributed by atoms with Crippen LogP contribution in [0.3, 0.4) is 0 Å². The molecule has 1 aromatic carbocycles. The second kappa shape index (κ2) is 8.37. The zero-order valence-corrected chi connectivity index (χ0v) is 15.1. The Kier molecular flexibility index (Phi) is 7.48. The van der Waals surface area contributed by atoms with Gasteiger partial charge in [-0.1, -0.05) is 37.9 Å². The van der Waals surface area contributed by atoms with Crippen LogP contribution in [0.4, 0.5) is 0 Å². The van der Waals surface area contributed by atoms with Crippen LogP contribution in [-0.4, -0.2) is 25.3 Å². The molecule has 0 aliphatic heterocycles. The molecule has 0 spiro atoms. The van der Waals surface area contributed by atoms with E-state index in [1.807, 2.05) is 20.8 Å². The van der Waals surface area contributed by atoms with E-state index < -0.39 is 10.0 Å². The monoisotopic (exact) mass is 351 g/mol. The number of unbranched alkanes of at least 4 members (excludes halogenated alkanes) is 1. The minimum atomic E-state index is -3.53. The average Bonchev–Trinajstić information content (AvgIpc) is 2.46. The van der Waals surface area contributed by atoms with Gasteiger partial charge >= 0.3 is 0 Å². The molecule has 3 nitrogen and oxygen atoms in total. The van der Waals surface area contributed by atoms with Crippen LogP contribution < -0.4 is 0 Å². The van der Waals surface area contributed by atoms with Gasteiger partial charge in [0.2, 0.25) is 10.0 Å². The molecular formula is C15H23Cl2NO2S. The van der Waals surface area contributed by atoms with Gasteiger partial charge < -0.3 is 0 Å². The lowest BCUT2D eigenvalue weighted by Gasteiger charge is -2.27. The Labute approximate surface area is 138 Å². The van der Waals surface area contributed by atoms with Crippen molar-refractivity contribution in [1.29, 1.82) is 0 Å². The van der Waals surface area contributed by atoms with Crippen LogP contribution in [0.5, 0.6) is 0 Å². The molecule has 0 N–H and O–H groups in total. The summed E-state index contributed by atoms with van der Waals surface area (Å²) < 4.78 is 27.2. The maximum Gasteiger partial charge on any atom is 0.243 e. The molecule has 1 atom stereocenters. The third kappa shape index (κ3) is 4.59. The average molecular weight is 352 g/mol. The Balaban J connectivity index is 3.18. The summed E-state index contributed by atoms with van der Waals surface area (Å²) in [6.45, 7) is 6.50. The topological polar surface area (TPSA) is 37.4 Å². The fraction of sp³-hybridized carbons (Fsp3) is 0.600.